The van der Waals surface area contributed by atoms with Gasteiger partial charge in [-0.15, -0.1) is 11.3 Å². The quantitative estimate of drug-likeness (QED) is 0.675. The summed E-state index contributed by atoms with van der Waals surface area (Å²) in [4.78, 5) is 38.5. The highest BCUT2D eigenvalue weighted by molar-refractivity contribution is 7.91. The zero-order chi connectivity index (χ0) is 22.6. The SMILES string of the molecule is CCOC(=O)NC(=O)c1c(NC(=O)c2cccc(S(=O)(=O)CC)c2)sc2c1CCCC2. The van der Waals surface area contributed by atoms with Gasteiger partial charge in [-0.2, -0.15) is 0 Å². The highest BCUT2D eigenvalue weighted by Crippen LogP contribution is 2.38. The van der Waals surface area contributed by atoms with Crippen LogP contribution in [0.25, 0.3) is 0 Å². The second-order valence-electron chi connectivity index (χ2n) is 6.97. The summed E-state index contributed by atoms with van der Waals surface area (Å²) in [6.07, 6.45) is 2.51. The molecular formula is C21H24N2O6S2. The maximum absolute atomic E-state index is 12.9. The Hall–Kier alpha value is -2.72. The van der Waals surface area contributed by atoms with E-state index >= 15 is 0 Å². The molecule has 0 unspecified atom stereocenters. The minimum atomic E-state index is -3.46. The van der Waals surface area contributed by atoms with Crippen LogP contribution in [0.1, 0.15) is 57.8 Å². The lowest BCUT2D eigenvalue weighted by Gasteiger charge is -2.13. The second kappa shape index (κ2) is 9.61. The fourth-order valence-corrected chi connectivity index (χ4v) is 5.60. The number of amides is 3. The number of imide groups is 1. The number of hydrogen-bond donors (Lipinski definition) is 2. The molecule has 1 aromatic heterocycles. The third kappa shape index (κ3) is 5.13. The van der Waals surface area contributed by atoms with Crippen LogP contribution >= 0.6 is 11.3 Å². The normalized spacial score (nSPS) is 13.2. The Morgan fingerprint density at radius 2 is 1.84 bits per heavy atom. The first-order valence-corrected chi connectivity index (χ1v) is 12.5. The van der Waals surface area contributed by atoms with Crippen LogP contribution in [0.15, 0.2) is 29.2 Å². The summed E-state index contributed by atoms with van der Waals surface area (Å²) in [5.74, 6) is -1.24. The maximum atomic E-state index is 12.9. The van der Waals surface area contributed by atoms with Crippen LogP contribution in [0, 0.1) is 0 Å². The standard InChI is InChI=1S/C21H24N2O6S2/c1-3-29-21(26)23-19(25)17-15-10-5-6-11-16(15)30-20(17)22-18(24)13-8-7-9-14(12-13)31(27,28)4-2/h7-9,12H,3-6,10-11H2,1-2H3,(H,22,24)(H,23,25,26). The molecule has 1 aliphatic carbocycles. The van der Waals surface area contributed by atoms with E-state index < -0.39 is 27.7 Å². The Bertz CT molecular complexity index is 1120. The molecule has 0 bridgehead atoms. The number of rotatable bonds is 6. The van der Waals surface area contributed by atoms with Crippen LogP contribution in [0.2, 0.25) is 0 Å². The minimum absolute atomic E-state index is 0.0633. The number of benzene rings is 1. The number of carbonyl (C=O) groups excluding carboxylic acids is 3. The van der Waals surface area contributed by atoms with E-state index in [1.165, 1.54) is 42.5 Å². The molecule has 0 spiro atoms. The van der Waals surface area contributed by atoms with Crippen molar-refractivity contribution in [2.45, 2.75) is 44.4 Å². The van der Waals surface area contributed by atoms with Crippen LogP contribution in [-0.2, 0) is 27.4 Å². The fourth-order valence-electron chi connectivity index (χ4n) is 3.39. The number of anilines is 1. The monoisotopic (exact) mass is 464 g/mol. The van der Waals surface area contributed by atoms with Crippen molar-refractivity contribution in [3.8, 4) is 0 Å². The first kappa shape index (κ1) is 23.0. The number of alkyl carbamates (subject to hydrolysis) is 1. The summed E-state index contributed by atoms with van der Waals surface area (Å²) in [7, 11) is -3.46. The number of nitrogens with one attached hydrogen (secondary N) is 2. The van der Waals surface area contributed by atoms with Gasteiger partial charge in [-0.1, -0.05) is 13.0 Å². The molecule has 0 aliphatic heterocycles. The summed E-state index contributed by atoms with van der Waals surface area (Å²) in [5.41, 5.74) is 1.26. The van der Waals surface area contributed by atoms with Gasteiger partial charge in [0.2, 0.25) is 0 Å². The molecule has 1 aliphatic rings. The number of thiophene rings is 1. The lowest BCUT2D eigenvalue weighted by molar-refractivity contribution is 0.0925. The van der Waals surface area contributed by atoms with Crippen LogP contribution in [0.5, 0.6) is 0 Å². The number of hydrogen-bond acceptors (Lipinski definition) is 7. The van der Waals surface area contributed by atoms with E-state index in [1.54, 1.807) is 6.92 Å². The van der Waals surface area contributed by atoms with Crippen molar-refractivity contribution in [3.63, 3.8) is 0 Å². The summed E-state index contributed by atoms with van der Waals surface area (Å²) >= 11 is 1.30. The third-order valence-corrected chi connectivity index (χ3v) is 7.89. The molecule has 1 aromatic carbocycles. The minimum Gasteiger partial charge on any atom is -0.450 e. The predicted molar refractivity (Wildman–Crippen MR) is 118 cm³/mol. The molecule has 0 saturated carbocycles. The van der Waals surface area contributed by atoms with E-state index in [0.717, 1.165) is 29.7 Å². The second-order valence-corrected chi connectivity index (χ2v) is 10.4. The van der Waals surface area contributed by atoms with Crippen molar-refractivity contribution >= 4 is 44.1 Å². The van der Waals surface area contributed by atoms with E-state index in [2.05, 4.69) is 10.6 Å². The van der Waals surface area contributed by atoms with Crippen molar-refractivity contribution in [2.75, 3.05) is 17.7 Å². The van der Waals surface area contributed by atoms with Crippen molar-refractivity contribution in [2.24, 2.45) is 0 Å². The molecule has 8 nitrogen and oxygen atoms in total. The lowest BCUT2D eigenvalue weighted by atomic mass is 9.95. The lowest BCUT2D eigenvalue weighted by Crippen LogP contribution is -2.32. The molecule has 3 amide bonds. The molecule has 0 radical (unpaired) electrons. The summed E-state index contributed by atoms with van der Waals surface area (Å²) in [6.45, 7) is 3.29. The molecule has 2 N–H and O–H groups in total. The molecule has 1 heterocycles. The van der Waals surface area contributed by atoms with E-state index in [0.29, 0.717) is 11.4 Å². The number of aryl methyl sites for hydroxylation is 1. The summed E-state index contributed by atoms with van der Waals surface area (Å²) < 4.78 is 29.1. The summed E-state index contributed by atoms with van der Waals surface area (Å²) in [5, 5.41) is 5.27. The smallest absolute Gasteiger partial charge is 0.414 e. The van der Waals surface area contributed by atoms with Crippen LogP contribution < -0.4 is 10.6 Å². The highest BCUT2D eigenvalue weighted by Gasteiger charge is 2.28. The van der Waals surface area contributed by atoms with Gasteiger partial charge in [0, 0.05) is 10.4 Å². The zero-order valence-corrected chi connectivity index (χ0v) is 19.0. The van der Waals surface area contributed by atoms with Crippen molar-refractivity contribution in [3.05, 3.63) is 45.8 Å². The average Bonchev–Trinajstić information content (AvgIpc) is 3.11. The van der Waals surface area contributed by atoms with Gasteiger partial charge < -0.3 is 10.1 Å². The van der Waals surface area contributed by atoms with E-state index in [-0.39, 0.29) is 28.4 Å². The van der Waals surface area contributed by atoms with E-state index in [4.69, 9.17) is 4.74 Å². The average molecular weight is 465 g/mol. The molecule has 166 valence electrons. The van der Waals surface area contributed by atoms with Crippen LogP contribution in [0.3, 0.4) is 0 Å². The van der Waals surface area contributed by atoms with E-state index in [1.807, 2.05) is 0 Å². The van der Waals surface area contributed by atoms with Gasteiger partial charge in [-0.25, -0.2) is 13.2 Å². The van der Waals surface area contributed by atoms with Gasteiger partial charge in [0.05, 0.1) is 22.8 Å². The molecule has 31 heavy (non-hydrogen) atoms. The number of sulfone groups is 1. The number of ether oxygens (including phenoxy) is 1. The maximum Gasteiger partial charge on any atom is 0.414 e. The van der Waals surface area contributed by atoms with Gasteiger partial charge >= 0.3 is 6.09 Å². The van der Waals surface area contributed by atoms with Crippen molar-refractivity contribution < 1.29 is 27.5 Å². The molecular weight excluding hydrogens is 440 g/mol. The zero-order valence-electron chi connectivity index (χ0n) is 17.3. The summed E-state index contributed by atoms with van der Waals surface area (Å²) in [6, 6.07) is 5.78. The topological polar surface area (TPSA) is 119 Å². The van der Waals surface area contributed by atoms with Gasteiger partial charge in [0.1, 0.15) is 5.00 Å². The first-order chi connectivity index (χ1) is 14.8. The number of carbonyl (C=O) groups is 3. The predicted octanol–water partition coefficient (Wildman–Crippen LogP) is 3.56. The van der Waals surface area contributed by atoms with Crippen LogP contribution in [-0.4, -0.2) is 38.7 Å². The third-order valence-electron chi connectivity index (χ3n) is 4.95. The van der Waals surface area contributed by atoms with E-state index in [9.17, 15) is 22.8 Å². The van der Waals surface area contributed by atoms with Gasteiger partial charge in [-0.05, 0) is 56.4 Å². The molecule has 3 rings (SSSR count). The Balaban J connectivity index is 1.92. The Morgan fingerprint density at radius 3 is 2.55 bits per heavy atom. The van der Waals surface area contributed by atoms with Crippen molar-refractivity contribution in [1.29, 1.82) is 0 Å². The van der Waals surface area contributed by atoms with Crippen LogP contribution in [0.4, 0.5) is 9.80 Å². The first-order valence-electron chi connectivity index (χ1n) is 10.0. The molecule has 10 heteroatoms. The van der Waals surface area contributed by atoms with Gasteiger partial charge in [0.25, 0.3) is 11.8 Å². The molecule has 2 aromatic rings. The van der Waals surface area contributed by atoms with Crippen molar-refractivity contribution in [1.82, 2.24) is 5.32 Å². The Morgan fingerprint density at radius 1 is 1.10 bits per heavy atom. The Kier molecular flexibility index (Phi) is 7.11. The van der Waals surface area contributed by atoms with Gasteiger partial charge in [-0.3, -0.25) is 14.9 Å². The fraction of sp³-hybridized carbons (Fsp3) is 0.381. The molecule has 0 atom stereocenters. The molecule has 0 saturated heterocycles. The largest absolute Gasteiger partial charge is 0.450 e. The number of fused-ring (bicyclic) bond motifs is 1. The molecule has 0 fully saturated rings. The van der Waals surface area contributed by atoms with Gasteiger partial charge in [0.15, 0.2) is 9.84 Å². The highest BCUT2D eigenvalue weighted by atomic mass is 32.2. The Labute approximate surface area is 184 Å².